The van der Waals surface area contributed by atoms with E-state index in [1.807, 2.05) is 0 Å². The van der Waals surface area contributed by atoms with E-state index < -0.39 is 11.6 Å². The molecule has 4 rings (SSSR count). The molecule has 0 bridgehead atoms. The molecule has 1 atom stereocenters. The van der Waals surface area contributed by atoms with Crippen LogP contribution in [-0.2, 0) is 6.54 Å². The number of piperidine rings is 1. The Bertz CT molecular complexity index is 921. The molecule has 3 aromatic rings. The van der Waals surface area contributed by atoms with Crippen LogP contribution in [0.5, 0.6) is 0 Å². The van der Waals surface area contributed by atoms with E-state index in [1.165, 1.54) is 24.3 Å². The average Bonchev–Trinajstić information content (AvgIpc) is 3.15. The first-order valence-electron chi connectivity index (χ1n) is 9.05. The Balaban J connectivity index is 1.52. The highest BCUT2D eigenvalue weighted by Crippen LogP contribution is 2.33. The third kappa shape index (κ3) is 3.90. The van der Waals surface area contributed by atoms with Crippen molar-refractivity contribution >= 4 is 0 Å². The van der Waals surface area contributed by atoms with Gasteiger partial charge in [-0.3, -0.25) is 10.00 Å². The molecule has 1 fully saturated rings. The summed E-state index contributed by atoms with van der Waals surface area (Å²) >= 11 is 0. The van der Waals surface area contributed by atoms with Crippen LogP contribution in [0.4, 0.5) is 13.2 Å². The number of benzene rings is 2. The zero-order valence-corrected chi connectivity index (χ0v) is 14.8. The summed E-state index contributed by atoms with van der Waals surface area (Å²) in [6.07, 6.45) is 3.75. The first kappa shape index (κ1) is 17.8. The number of halogens is 3. The minimum absolute atomic E-state index is 0.227. The highest BCUT2D eigenvalue weighted by atomic mass is 19.1. The molecule has 1 aliphatic rings. The van der Waals surface area contributed by atoms with Crippen LogP contribution in [0.1, 0.15) is 30.0 Å². The quantitative estimate of drug-likeness (QED) is 0.709. The van der Waals surface area contributed by atoms with Gasteiger partial charge in [-0.15, -0.1) is 0 Å². The Morgan fingerprint density at radius 3 is 2.59 bits per heavy atom. The van der Waals surface area contributed by atoms with E-state index in [0.29, 0.717) is 12.1 Å². The number of aromatic amines is 1. The van der Waals surface area contributed by atoms with E-state index in [9.17, 15) is 13.2 Å². The van der Waals surface area contributed by atoms with Crippen LogP contribution >= 0.6 is 0 Å². The number of H-pyrrole nitrogens is 1. The maximum absolute atomic E-state index is 14.0. The van der Waals surface area contributed by atoms with E-state index in [2.05, 4.69) is 15.1 Å². The summed E-state index contributed by atoms with van der Waals surface area (Å²) in [6.45, 7) is 2.07. The smallest absolute Gasteiger partial charge is 0.130 e. The molecular weight excluding hydrogens is 351 g/mol. The summed E-state index contributed by atoms with van der Waals surface area (Å²) in [5, 5.41) is 7.29. The molecule has 1 N–H and O–H groups in total. The fraction of sp³-hybridized carbons (Fsp3) is 0.286. The van der Waals surface area contributed by atoms with Gasteiger partial charge in [-0.25, -0.2) is 13.2 Å². The van der Waals surface area contributed by atoms with Crippen LogP contribution in [0.2, 0.25) is 0 Å². The Labute approximate surface area is 155 Å². The fourth-order valence-corrected chi connectivity index (χ4v) is 3.79. The number of nitrogens with one attached hydrogen (secondary N) is 1. The topological polar surface area (TPSA) is 31.9 Å². The van der Waals surface area contributed by atoms with Crippen molar-refractivity contribution in [3.8, 4) is 11.1 Å². The Morgan fingerprint density at radius 1 is 1.04 bits per heavy atom. The van der Waals surface area contributed by atoms with Gasteiger partial charge in [0.2, 0.25) is 0 Å². The molecule has 140 valence electrons. The summed E-state index contributed by atoms with van der Waals surface area (Å²) in [7, 11) is 0. The van der Waals surface area contributed by atoms with Crippen molar-refractivity contribution in [2.45, 2.75) is 25.3 Å². The Hall–Kier alpha value is -2.60. The van der Waals surface area contributed by atoms with Gasteiger partial charge in [-0.2, -0.15) is 5.10 Å². The van der Waals surface area contributed by atoms with Crippen molar-refractivity contribution in [1.29, 1.82) is 0 Å². The lowest BCUT2D eigenvalue weighted by Gasteiger charge is -2.32. The predicted octanol–water partition coefficient (Wildman–Crippen LogP) is 4.87. The highest BCUT2D eigenvalue weighted by molar-refractivity contribution is 5.65. The number of aromatic nitrogens is 2. The van der Waals surface area contributed by atoms with Crippen molar-refractivity contribution in [1.82, 2.24) is 15.1 Å². The highest BCUT2D eigenvalue weighted by Gasteiger charge is 2.25. The van der Waals surface area contributed by atoms with Gasteiger partial charge >= 0.3 is 0 Å². The molecule has 27 heavy (non-hydrogen) atoms. The zero-order chi connectivity index (χ0) is 18.8. The molecule has 2 aromatic carbocycles. The molecule has 3 nitrogen and oxygen atoms in total. The normalized spacial score (nSPS) is 18.0. The van der Waals surface area contributed by atoms with Gasteiger partial charge < -0.3 is 0 Å². The van der Waals surface area contributed by atoms with E-state index in [1.54, 1.807) is 18.3 Å². The summed E-state index contributed by atoms with van der Waals surface area (Å²) in [4.78, 5) is 2.18. The van der Waals surface area contributed by atoms with Gasteiger partial charge in [-0.05, 0) is 43.1 Å². The molecule has 0 spiro atoms. The maximum Gasteiger partial charge on any atom is 0.130 e. The molecule has 0 amide bonds. The predicted molar refractivity (Wildman–Crippen MR) is 97.6 cm³/mol. The van der Waals surface area contributed by atoms with Crippen molar-refractivity contribution in [3.05, 3.63) is 77.4 Å². The lowest BCUT2D eigenvalue weighted by atomic mass is 9.90. The van der Waals surface area contributed by atoms with Gasteiger partial charge in [0, 0.05) is 41.9 Å². The lowest BCUT2D eigenvalue weighted by molar-refractivity contribution is 0.196. The zero-order valence-electron chi connectivity index (χ0n) is 14.8. The van der Waals surface area contributed by atoms with Crippen molar-refractivity contribution in [2.24, 2.45) is 0 Å². The number of hydrogen-bond donors (Lipinski definition) is 1. The summed E-state index contributed by atoms with van der Waals surface area (Å²) in [6, 6.07) is 10.1. The average molecular weight is 371 g/mol. The molecule has 6 heteroatoms. The standard InChI is InChI=1S/C21H20F3N3/c22-17-6-3-14(4-7-17)19-11-25-26-21(19)16-2-1-9-27(13-16)12-15-5-8-18(23)10-20(15)24/h3-8,10-11,16H,1-2,9,12-13H2,(H,25,26). The van der Waals surface area contributed by atoms with Gasteiger partial charge in [0.1, 0.15) is 17.5 Å². The van der Waals surface area contributed by atoms with Crippen LogP contribution in [0.15, 0.2) is 48.7 Å². The van der Waals surface area contributed by atoms with Crippen LogP contribution in [0, 0.1) is 17.5 Å². The van der Waals surface area contributed by atoms with Gasteiger partial charge in [0.05, 0.1) is 6.20 Å². The van der Waals surface area contributed by atoms with E-state index >= 15 is 0 Å². The van der Waals surface area contributed by atoms with Gasteiger partial charge in [0.15, 0.2) is 0 Å². The van der Waals surface area contributed by atoms with E-state index in [-0.39, 0.29) is 11.7 Å². The van der Waals surface area contributed by atoms with Gasteiger partial charge in [0.25, 0.3) is 0 Å². The second-order valence-electron chi connectivity index (χ2n) is 7.01. The number of hydrogen-bond acceptors (Lipinski definition) is 2. The van der Waals surface area contributed by atoms with Gasteiger partial charge in [-0.1, -0.05) is 18.2 Å². The van der Waals surface area contributed by atoms with Crippen LogP contribution < -0.4 is 0 Å². The Kier molecular flexibility index (Phi) is 4.99. The molecule has 0 saturated carbocycles. The molecule has 1 aliphatic heterocycles. The Morgan fingerprint density at radius 2 is 1.81 bits per heavy atom. The number of rotatable bonds is 4. The SMILES string of the molecule is Fc1ccc(-c2cn[nH]c2C2CCCN(Cc3ccc(F)cc3F)C2)cc1. The fourth-order valence-electron chi connectivity index (χ4n) is 3.79. The largest absolute Gasteiger partial charge is 0.298 e. The van der Waals surface area contributed by atoms with Crippen molar-refractivity contribution in [3.63, 3.8) is 0 Å². The van der Waals surface area contributed by atoms with Crippen molar-refractivity contribution < 1.29 is 13.2 Å². The molecule has 1 aromatic heterocycles. The number of nitrogens with zero attached hydrogens (tertiary/aromatic N) is 2. The maximum atomic E-state index is 14.0. The summed E-state index contributed by atoms with van der Waals surface area (Å²) in [5.74, 6) is -1.11. The lowest BCUT2D eigenvalue weighted by Crippen LogP contribution is -2.34. The minimum Gasteiger partial charge on any atom is -0.298 e. The molecule has 0 radical (unpaired) electrons. The first-order valence-corrected chi connectivity index (χ1v) is 9.05. The number of likely N-dealkylation sites (tertiary alicyclic amines) is 1. The second-order valence-corrected chi connectivity index (χ2v) is 7.01. The van der Waals surface area contributed by atoms with E-state index in [4.69, 9.17) is 0 Å². The van der Waals surface area contributed by atoms with Crippen molar-refractivity contribution in [2.75, 3.05) is 13.1 Å². The van der Waals surface area contributed by atoms with Crippen LogP contribution in [0.3, 0.4) is 0 Å². The molecule has 0 aliphatic carbocycles. The van der Waals surface area contributed by atoms with Crippen LogP contribution in [-0.4, -0.2) is 28.2 Å². The van der Waals surface area contributed by atoms with E-state index in [0.717, 1.165) is 48.8 Å². The summed E-state index contributed by atoms with van der Waals surface area (Å²) in [5.41, 5.74) is 3.41. The summed E-state index contributed by atoms with van der Waals surface area (Å²) < 4.78 is 40.3. The monoisotopic (exact) mass is 371 g/mol. The third-order valence-corrected chi connectivity index (χ3v) is 5.15. The first-order chi connectivity index (χ1) is 13.1. The molecule has 2 heterocycles. The van der Waals surface area contributed by atoms with Crippen LogP contribution in [0.25, 0.3) is 11.1 Å². The molecular formula is C21H20F3N3. The molecule has 1 saturated heterocycles. The minimum atomic E-state index is -0.561. The third-order valence-electron chi connectivity index (χ3n) is 5.15. The second kappa shape index (κ2) is 7.56. The molecule has 1 unspecified atom stereocenters.